The summed E-state index contributed by atoms with van der Waals surface area (Å²) >= 11 is 0. The number of nitrogens with one attached hydrogen (secondary N) is 1. The number of amides is 2. The zero-order valence-electron chi connectivity index (χ0n) is 13.3. The Morgan fingerprint density at radius 3 is 2.91 bits per heavy atom. The number of aryl methyl sites for hydroxylation is 1. The summed E-state index contributed by atoms with van der Waals surface area (Å²) in [6.07, 6.45) is 0.895. The van der Waals surface area contributed by atoms with Crippen molar-refractivity contribution in [1.29, 1.82) is 0 Å². The maximum Gasteiger partial charge on any atom is 0.317 e. The first-order valence-corrected chi connectivity index (χ1v) is 7.89. The van der Waals surface area contributed by atoms with Crippen LogP contribution in [0.2, 0.25) is 0 Å². The molecule has 0 aliphatic carbocycles. The summed E-state index contributed by atoms with van der Waals surface area (Å²) in [6.45, 7) is 6.15. The lowest BCUT2D eigenvalue weighted by atomic mass is 10.1. The minimum absolute atomic E-state index is 0.0522. The number of furan rings is 1. The number of nitrogens with zero attached hydrogens (tertiary/aromatic N) is 2. The topological polar surface area (TPSA) is 48.7 Å². The number of carbonyl (C=O) groups is 1. The third-order valence-corrected chi connectivity index (χ3v) is 4.23. The van der Waals surface area contributed by atoms with E-state index in [1.807, 2.05) is 17.0 Å². The van der Waals surface area contributed by atoms with Crippen molar-refractivity contribution in [3.8, 4) is 0 Å². The molecule has 22 heavy (non-hydrogen) atoms. The molecule has 1 saturated heterocycles. The molecule has 1 aromatic carbocycles. The smallest absolute Gasteiger partial charge is 0.317 e. The molecular weight excluding hydrogens is 278 g/mol. The van der Waals surface area contributed by atoms with Crippen molar-refractivity contribution in [2.75, 3.05) is 33.2 Å². The van der Waals surface area contributed by atoms with Crippen LogP contribution in [-0.4, -0.2) is 49.1 Å². The average Bonchev–Trinajstić information content (AvgIpc) is 3.09. The van der Waals surface area contributed by atoms with Crippen molar-refractivity contribution in [2.45, 2.75) is 19.9 Å². The third kappa shape index (κ3) is 2.95. The molecule has 1 aliphatic rings. The van der Waals surface area contributed by atoms with Gasteiger partial charge in [0.05, 0.1) is 0 Å². The molecule has 1 fully saturated rings. The highest BCUT2D eigenvalue weighted by atomic mass is 16.3. The van der Waals surface area contributed by atoms with E-state index in [2.05, 4.69) is 36.3 Å². The maximum atomic E-state index is 11.6. The summed E-state index contributed by atoms with van der Waals surface area (Å²) in [4.78, 5) is 15.7. The molecule has 0 unspecified atom stereocenters. The molecule has 0 spiro atoms. The predicted molar refractivity (Wildman–Crippen MR) is 86.9 cm³/mol. The molecule has 2 heterocycles. The standard InChI is InChI=1S/C17H23N3O2/c1-3-15-14(13-6-4-5-7-16(13)22-15)12-19(2)10-11-20-9-8-18-17(20)21/h4-7H,3,8-12H2,1-2H3,(H,18,21). The fourth-order valence-corrected chi connectivity index (χ4v) is 2.97. The van der Waals surface area contributed by atoms with Crippen LogP contribution in [0.5, 0.6) is 0 Å². The van der Waals surface area contributed by atoms with Gasteiger partial charge in [0, 0.05) is 50.1 Å². The summed E-state index contributed by atoms with van der Waals surface area (Å²) in [7, 11) is 2.09. The second-order valence-electron chi connectivity index (χ2n) is 5.81. The Hall–Kier alpha value is -2.01. The largest absolute Gasteiger partial charge is 0.461 e. The number of hydrogen-bond acceptors (Lipinski definition) is 3. The molecule has 2 amide bonds. The summed E-state index contributed by atoms with van der Waals surface area (Å²) in [5, 5.41) is 4.03. The molecule has 0 radical (unpaired) electrons. The quantitative estimate of drug-likeness (QED) is 0.891. The second-order valence-corrected chi connectivity index (χ2v) is 5.81. The lowest BCUT2D eigenvalue weighted by molar-refractivity contribution is 0.207. The van der Waals surface area contributed by atoms with Crippen molar-refractivity contribution >= 4 is 17.0 Å². The summed E-state index contributed by atoms with van der Waals surface area (Å²) < 4.78 is 5.94. The molecule has 118 valence electrons. The Bertz CT molecular complexity index is 665. The summed E-state index contributed by atoms with van der Waals surface area (Å²) in [5.74, 6) is 1.06. The van der Waals surface area contributed by atoms with Gasteiger partial charge < -0.3 is 19.5 Å². The molecular formula is C17H23N3O2. The van der Waals surface area contributed by atoms with Crippen LogP contribution in [0.25, 0.3) is 11.0 Å². The number of para-hydroxylation sites is 1. The molecule has 0 bridgehead atoms. The van der Waals surface area contributed by atoms with Crippen molar-refractivity contribution in [3.05, 3.63) is 35.6 Å². The van der Waals surface area contributed by atoms with E-state index in [4.69, 9.17) is 4.42 Å². The van der Waals surface area contributed by atoms with Crippen LogP contribution >= 0.6 is 0 Å². The highest BCUT2D eigenvalue weighted by Gasteiger charge is 2.20. The molecule has 3 rings (SSSR count). The number of rotatable bonds is 6. The van der Waals surface area contributed by atoms with Crippen molar-refractivity contribution in [2.24, 2.45) is 0 Å². The molecule has 2 aromatic rings. The SMILES string of the molecule is CCc1oc2ccccc2c1CN(C)CCN1CCNC1=O. The number of hydrogen-bond donors (Lipinski definition) is 1. The zero-order valence-corrected chi connectivity index (χ0v) is 13.3. The number of urea groups is 1. The van der Waals surface area contributed by atoms with Crippen LogP contribution in [0.3, 0.4) is 0 Å². The van der Waals surface area contributed by atoms with Gasteiger partial charge in [0.15, 0.2) is 0 Å². The first-order chi connectivity index (χ1) is 10.7. The minimum atomic E-state index is 0.0522. The summed E-state index contributed by atoms with van der Waals surface area (Å²) in [5.41, 5.74) is 2.23. The van der Waals surface area contributed by atoms with E-state index in [9.17, 15) is 4.79 Å². The lowest BCUT2D eigenvalue weighted by Crippen LogP contribution is -2.35. The molecule has 5 nitrogen and oxygen atoms in total. The van der Waals surface area contributed by atoms with E-state index in [1.165, 1.54) is 10.9 Å². The Morgan fingerprint density at radius 1 is 1.36 bits per heavy atom. The molecule has 1 aromatic heterocycles. The van der Waals surface area contributed by atoms with Crippen molar-refractivity contribution in [1.82, 2.24) is 15.1 Å². The zero-order chi connectivity index (χ0) is 15.5. The van der Waals surface area contributed by atoms with Crippen LogP contribution in [-0.2, 0) is 13.0 Å². The van der Waals surface area contributed by atoms with Crippen LogP contribution in [0.4, 0.5) is 4.79 Å². The Labute approximate surface area is 130 Å². The molecule has 5 heteroatoms. The highest BCUT2D eigenvalue weighted by Crippen LogP contribution is 2.27. The Balaban J connectivity index is 1.68. The van der Waals surface area contributed by atoms with Crippen LogP contribution < -0.4 is 5.32 Å². The van der Waals surface area contributed by atoms with Crippen molar-refractivity contribution < 1.29 is 9.21 Å². The third-order valence-electron chi connectivity index (χ3n) is 4.23. The molecule has 0 saturated carbocycles. The fourth-order valence-electron chi connectivity index (χ4n) is 2.97. The monoisotopic (exact) mass is 301 g/mol. The van der Waals surface area contributed by atoms with E-state index in [0.29, 0.717) is 0 Å². The molecule has 1 aliphatic heterocycles. The predicted octanol–water partition coefficient (Wildman–Crippen LogP) is 2.45. The van der Waals surface area contributed by atoms with Gasteiger partial charge in [-0.2, -0.15) is 0 Å². The van der Waals surface area contributed by atoms with E-state index in [1.54, 1.807) is 0 Å². The van der Waals surface area contributed by atoms with Gasteiger partial charge in [0.1, 0.15) is 11.3 Å². The van der Waals surface area contributed by atoms with Gasteiger partial charge in [0.2, 0.25) is 0 Å². The van der Waals surface area contributed by atoms with Crippen LogP contribution in [0.15, 0.2) is 28.7 Å². The van der Waals surface area contributed by atoms with Crippen LogP contribution in [0.1, 0.15) is 18.2 Å². The van der Waals surface area contributed by atoms with Crippen LogP contribution in [0, 0.1) is 0 Å². The van der Waals surface area contributed by atoms with Gasteiger partial charge >= 0.3 is 6.03 Å². The number of benzene rings is 1. The van der Waals surface area contributed by atoms with Gasteiger partial charge in [-0.15, -0.1) is 0 Å². The first kappa shape index (κ1) is 14.9. The van der Waals surface area contributed by atoms with E-state index in [-0.39, 0.29) is 6.03 Å². The van der Waals surface area contributed by atoms with Gasteiger partial charge in [-0.3, -0.25) is 0 Å². The number of carbonyl (C=O) groups excluding carboxylic acids is 1. The lowest BCUT2D eigenvalue weighted by Gasteiger charge is -2.21. The van der Waals surface area contributed by atoms with E-state index in [0.717, 1.165) is 50.5 Å². The van der Waals surface area contributed by atoms with Gasteiger partial charge in [-0.25, -0.2) is 4.79 Å². The van der Waals surface area contributed by atoms with E-state index >= 15 is 0 Å². The first-order valence-electron chi connectivity index (χ1n) is 7.89. The van der Waals surface area contributed by atoms with Gasteiger partial charge in [-0.1, -0.05) is 25.1 Å². The molecule has 1 N–H and O–H groups in total. The normalized spacial score (nSPS) is 15.0. The minimum Gasteiger partial charge on any atom is -0.461 e. The number of likely N-dealkylation sites (N-methyl/N-ethyl adjacent to an activating group) is 1. The number of fused-ring (bicyclic) bond motifs is 1. The van der Waals surface area contributed by atoms with Gasteiger partial charge in [0.25, 0.3) is 0 Å². The van der Waals surface area contributed by atoms with Crippen molar-refractivity contribution in [3.63, 3.8) is 0 Å². The Morgan fingerprint density at radius 2 is 2.18 bits per heavy atom. The maximum absolute atomic E-state index is 11.6. The average molecular weight is 301 g/mol. The summed E-state index contributed by atoms with van der Waals surface area (Å²) in [6, 6.07) is 8.25. The second kappa shape index (κ2) is 6.40. The van der Waals surface area contributed by atoms with E-state index < -0.39 is 0 Å². The fraction of sp³-hybridized carbons (Fsp3) is 0.471. The highest BCUT2D eigenvalue weighted by molar-refractivity contribution is 5.82. The Kier molecular flexibility index (Phi) is 4.34. The molecule has 0 atom stereocenters. The van der Waals surface area contributed by atoms with Gasteiger partial charge in [-0.05, 0) is 13.1 Å².